The summed E-state index contributed by atoms with van der Waals surface area (Å²) in [6, 6.07) is 0. The third-order valence-electron chi connectivity index (χ3n) is 2.27. The van der Waals surface area contributed by atoms with Crippen LogP contribution in [0.1, 0.15) is 19.3 Å². The molecular weight excluding hydrogens is 98.9 g/mol. The summed E-state index contributed by atoms with van der Waals surface area (Å²) in [4.78, 5) is 0. The summed E-state index contributed by atoms with van der Waals surface area (Å²) in [5.74, 6) is 0.929. The Morgan fingerprint density at radius 3 is 2.75 bits per heavy atom. The number of fused-ring (bicyclic) bond motifs is 1. The van der Waals surface area contributed by atoms with Gasteiger partial charge in [-0.1, -0.05) is 12.2 Å². The summed E-state index contributed by atoms with van der Waals surface area (Å²) in [6.07, 6.45) is 5.41. The van der Waals surface area contributed by atoms with Gasteiger partial charge in [-0.25, -0.2) is 0 Å². The minimum absolute atomic E-state index is 0.679. The quantitative estimate of drug-likeness (QED) is 0.324. The molecule has 0 amide bonds. The van der Waals surface area contributed by atoms with Crippen LogP contribution in [0.25, 0.3) is 0 Å². The van der Waals surface area contributed by atoms with Crippen molar-refractivity contribution in [3.05, 3.63) is 0 Å². The monoisotopic (exact) mass is 110 g/mol. The van der Waals surface area contributed by atoms with E-state index in [1.54, 1.807) is 0 Å². The Balaban J connectivity index is 1.93. The average Bonchev–Trinajstić information content (AvgIpc) is 2.43. The molecule has 2 heteroatoms. The molecule has 2 rings (SSSR count). The van der Waals surface area contributed by atoms with Crippen LogP contribution < -0.4 is 0 Å². The first-order valence-corrected chi connectivity index (χ1v) is 3.52. The molecule has 1 heterocycles. The van der Waals surface area contributed by atoms with Crippen LogP contribution in [0.3, 0.4) is 0 Å². The molecule has 0 aromatic rings. The van der Waals surface area contributed by atoms with Gasteiger partial charge in [-0.05, 0) is 12.8 Å². The van der Waals surface area contributed by atoms with Crippen molar-refractivity contribution in [3.8, 4) is 0 Å². The molecule has 1 aliphatic carbocycles. The smallest absolute Gasteiger partial charge is 0.105 e. The van der Waals surface area contributed by atoms with Crippen molar-refractivity contribution in [1.82, 2.24) is 0 Å². The molecule has 2 fully saturated rings. The van der Waals surface area contributed by atoms with Gasteiger partial charge in [0.2, 0.25) is 0 Å². The molecule has 3 atom stereocenters. The molecule has 0 spiro atoms. The average molecular weight is 110 g/mol. The first-order chi connectivity index (χ1) is 3.86. The normalized spacial score (nSPS) is 52.8. The predicted octanol–water partition coefficient (Wildman–Crippen LogP) is 0.359. The van der Waals surface area contributed by atoms with Gasteiger partial charge in [0.25, 0.3) is 0 Å². The fourth-order valence-corrected chi connectivity index (χ4v) is 1.60. The van der Waals surface area contributed by atoms with Gasteiger partial charge >= 0.3 is 0 Å². The zero-order valence-electron chi connectivity index (χ0n) is 5.26. The van der Waals surface area contributed by atoms with Crippen molar-refractivity contribution in [2.75, 3.05) is 0 Å². The van der Waals surface area contributed by atoms with Crippen LogP contribution in [-0.4, -0.2) is 20.1 Å². The second-order valence-corrected chi connectivity index (χ2v) is 3.13. The van der Waals surface area contributed by atoms with Crippen molar-refractivity contribution in [2.24, 2.45) is 0 Å². The lowest BCUT2D eigenvalue weighted by atomic mass is 9.76. The predicted molar refractivity (Wildman–Crippen MR) is 34.8 cm³/mol. The maximum atomic E-state index is 5.35. The number of epoxide rings is 1. The Hall–Kier alpha value is 0.0249. The van der Waals surface area contributed by atoms with E-state index < -0.39 is 0 Å². The van der Waals surface area contributed by atoms with Crippen LogP contribution in [0.5, 0.6) is 0 Å². The number of rotatable bonds is 0. The molecule has 0 bridgehead atoms. The highest BCUT2D eigenvalue weighted by Gasteiger charge is 2.42. The van der Waals surface area contributed by atoms with Gasteiger partial charge in [0, 0.05) is 0 Å². The molecule has 0 radical (unpaired) electrons. The minimum Gasteiger partial charge on any atom is -0.370 e. The van der Waals surface area contributed by atoms with E-state index in [1.807, 2.05) is 0 Å². The SMILES string of the molecule is BC1CCC2OC2C1. The summed E-state index contributed by atoms with van der Waals surface area (Å²) >= 11 is 0. The van der Waals surface area contributed by atoms with Crippen LogP contribution in [0.2, 0.25) is 5.82 Å². The van der Waals surface area contributed by atoms with Crippen LogP contribution in [0.4, 0.5) is 0 Å². The summed E-state index contributed by atoms with van der Waals surface area (Å²) < 4.78 is 5.35. The summed E-state index contributed by atoms with van der Waals surface area (Å²) in [6.45, 7) is 0. The van der Waals surface area contributed by atoms with E-state index in [0.717, 1.165) is 5.82 Å². The van der Waals surface area contributed by atoms with E-state index in [-0.39, 0.29) is 0 Å². The molecule has 1 nitrogen and oxygen atoms in total. The minimum atomic E-state index is 0.679. The Labute approximate surface area is 50.8 Å². The molecule has 1 saturated carbocycles. The first-order valence-electron chi connectivity index (χ1n) is 3.52. The largest absolute Gasteiger partial charge is 0.370 e. The Bertz CT molecular complexity index is 105. The van der Waals surface area contributed by atoms with Crippen LogP contribution in [0, 0.1) is 0 Å². The van der Waals surface area contributed by atoms with Crippen molar-refractivity contribution >= 4 is 7.85 Å². The van der Waals surface area contributed by atoms with E-state index in [1.165, 1.54) is 19.3 Å². The number of hydrogen-bond acceptors (Lipinski definition) is 1. The number of ether oxygens (including phenoxy) is 1. The van der Waals surface area contributed by atoms with E-state index in [2.05, 4.69) is 7.85 Å². The molecule has 1 aliphatic heterocycles. The van der Waals surface area contributed by atoms with Gasteiger partial charge in [0.1, 0.15) is 7.85 Å². The lowest BCUT2D eigenvalue weighted by Gasteiger charge is -2.11. The zero-order chi connectivity index (χ0) is 5.56. The fraction of sp³-hybridized carbons (Fsp3) is 1.00. The Kier molecular flexibility index (Phi) is 0.914. The molecular formula is C6H11BO. The molecule has 8 heavy (non-hydrogen) atoms. The van der Waals surface area contributed by atoms with Crippen LogP contribution in [0.15, 0.2) is 0 Å². The lowest BCUT2D eigenvalue weighted by Crippen LogP contribution is -2.08. The second kappa shape index (κ2) is 1.50. The highest BCUT2D eigenvalue weighted by molar-refractivity contribution is 6.11. The Morgan fingerprint density at radius 1 is 1.25 bits per heavy atom. The third-order valence-corrected chi connectivity index (χ3v) is 2.27. The van der Waals surface area contributed by atoms with Crippen molar-refractivity contribution in [1.29, 1.82) is 0 Å². The molecule has 1 saturated heterocycles. The third kappa shape index (κ3) is 0.674. The molecule has 0 N–H and O–H groups in total. The van der Waals surface area contributed by atoms with E-state index in [9.17, 15) is 0 Å². The van der Waals surface area contributed by atoms with Gasteiger partial charge in [0.15, 0.2) is 0 Å². The maximum Gasteiger partial charge on any atom is 0.105 e. The fourth-order valence-electron chi connectivity index (χ4n) is 1.60. The van der Waals surface area contributed by atoms with Gasteiger partial charge in [-0.15, -0.1) is 0 Å². The Morgan fingerprint density at radius 2 is 2.12 bits per heavy atom. The standard InChI is InChI=1S/C6H11BO/c7-4-1-2-5-6(3-4)8-5/h4-6H,1-3,7H2. The van der Waals surface area contributed by atoms with Gasteiger partial charge in [-0.2, -0.15) is 0 Å². The van der Waals surface area contributed by atoms with E-state index in [0.29, 0.717) is 12.2 Å². The van der Waals surface area contributed by atoms with Crippen molar-refractivity contribution in [3.63, 3.8) is 0 Å². The summed E-state index contributed by atoms with van der Waals surface area (Å²) in [7, 11) is 2.32. The molecule has 44 valence electrons. The van der Waals surface area contributed by atoms with E-state index >= 15 is 0 Å². The summed E-state index contributed by atoms with van der Waals surface area (Å²) in [5, 5.41) is 0. The lowest BCUT2D eigenvalue weighted by molar-refractivity contribution is 0.373. The highest BCUT2D eigenvalue weighted by Crippen LogP contribution is 2.40. The van der Waals surface area contributed by atoms with Crippen molar-refractivity contribution < 1.29 is 4.74 Å². The zero-order valence-corrected chi connectivity index (χ0v) is 5.26. The van der Waals surface area contributed by atoms with Gasteiger partial charge in [0.05, 0.1) is 12.2 Å². The summed E-state index contributed by atoms with van der Waals surface area (Å²) in [5.41, 5.74) is 0. The first kappa shape index (κ1) is 4.86. The topological polar surface area (TPSA) is 12.5 Å². The van der Waals surface area contributed by atoms with E-state index in [4.69, 9.17) is 4.74 Å². The van der Waals surface area contributed by atoms with Crippen LogP contribution in [-0.2, 0) is 4.74 Å². The highest BCUT2D eigenvalue weighted by atomic mass is 16.6. The van der Waals surface area contributed by atoms with Crippen LogP contribution >= 0.6 is 0 Å². The second-order valence-electron chi connectivity index (χ2n) is 3.13. The molecule has 2 aliphatic rings. The van der Waals surface area contributed by atoms with Crippen molar-refractivity contribution in [2.45, 2.75) is 37.3 Å². The molecule has 0 aromatic heterocycles. The van der Waals surface area contributed by atoms with Gasteiger partial charge in [-0.3, -0.25) is 0 Å². The molecule has 0 aromatic carbocycles. The molecule has 3 unspecified atom stereocenters. The maximum absolute atomic E-state index is 5.35. The number of hydrogen-bond donors (Lipinski definition) is 0. The van der Waals surface area contributed by atoms with Gasteiger partial charge < -0.3 is 4.74 Å².